The Morgan fingerprint density at radius 3 is 2.12 bits per heavy atom. The van der Waals surface area contributed by atoms with Crippen LogP contribution in [0.25, 0.3) is 0 Å². The summed E-state index contributed by atoms with van der Waals surface area (Å²) in [6, 6.07) is 10.2. The molecule has 0 radical (unpaired) electrons. The summed E-state index contributed by atoms with van der Waals surface area (Å²) in [7, 11) is -1.93. The lowest BCUT2D eigenvalue weighted by Gasteiger charge is -2.36. The molecule has 0 saturated carbocycles. The van der Waals surface area contributed by atoms with Crippen molar-refractivity contribution in [3.8, 4) is 0 Å². The molecule has 0 fully saturated rings. The van der Waals surface area contributed by atoms with E-state index in [1.165, 1.54) is 0 Å². The summed E-state index contributed by atoms with van der Waals surface area (Å²) in [5.41, 5.74) is 1.55. The molecule has 0 aliphatic rings. The second-order valence-electron chi connectivity index (χ2n) is 7.78. The Hall–Kier alpha value is -0.843. The van der Waals surface area contributed by atoms with Crippen LogP contribution in [-0.4, -0.2) is 14.1 Å². The van der Waals surface area contributed by atoms with Crippen molar-refractivity contribution in [3.05, 3.63) is 68.2 Å². The molecule has 26 heavy (non-hydrogen) atoms. The second kappa shape index (κ2) is 8.03. The normalized spacial score (nSPS) is 12.3. The van der Waals surface area contributed by atoms with Crippen LogP contribution in [0.4, 0.5) is 0 Å². The summed E-state index contributed by atoms with van der Waals surface area (Å²) < 4.78 is 6.24. The molecule has 2 nitrogen and oxygen atoms in total. The van der Waals surface area contributed by atoms with Gasteiger partial charge in [-0.05, 0) is 54.0 Å². The Morgan fingerprint density at radius 2 is 1.58 bits per heavy atom. The third kappa shape index (κ3) is 4.70. The van der Waals surface area contributed by atoms with Gasteiger partial charge in [-0.3, -0.25) is 4.79 Å². The van der Waals surface area contributed by atoms with Crippen molar-refractivity contribution in [1.29, 1.82) is 0 Å². The summed E-state index contributed by atoms with van der Waals surface area (Å²) in [6.45, 7) is 11.2. The smallest absolute Gasteiger partial charge is 0.196 e. The minimum atomic E-state index is -1.93. The van der Waals surface area contributed by atoms with Crippen LogP contribution in [0, 0.1) is 0 Å². The fraction of sp³-hybridized carbons (Fsp3) is 0.350. The van der Waals surface area contributed by atoms with Crippen molar-refractivity contribution in [2.45, 2.75) is 45.5 Å². The van der Waals surface area contributed by atoms with Crippen LogP contribution in [0.1, 0.15) is 42.3 Å². The van der Waals surface area contributed by atoms with E-state index in [4.69, 9.17) is 39.2 Å². The first kappa shape index (κ1) is 21.5. The quantitative estimate of drug-likeness (QED) is 0.365. The zero-order valence-corrected chi connectivity index (χ0v) is 18.9. The average Bonchev–Trinajstić information content (AvgIpc) is 2.53. The van der Waals surface area contributed by atoms with Crippen molar-refractivity contribution in [2.75, 3.05) is 0 Å². The van der Waals surface area contributed by atoms with Crippen LogP contribution in [-0.2, 0) is 11.0 Å². The molecule has 0 unspecified atom stereocenters. The van der Waals surface area contributed by atoms with Gasteiger partial charge in [0.05, 0.1) is 22.2 Å². The maximum atomic E-state index is 12.9. The molecule has 0 saturated heterocycles. The number of carbonyl (C=O) groups excluding carboxylic acids is 1. The van der Waals surface area contributed by atoms with Crippen molar-refractivity contribution >= 4 is 48.9 Å². The Bertz CT molecular complexity index is 809. The average molecular weight is 430 g/mol. The molecule has 0 N–H and O–H groups in total. The highest BCUT2D eigenvalue weighted by Crippen LogP contribution is 2.38. The molecule has 0 aliphatic heterocycles. The van der Waals surface area contributed by atoms with E-state index in [1.54, 1.807) is 30.3 Å². The van der Waals surface area contributed by atoms with Crippen molar-refractivity contribution in [1.82, 2.24) is 0 Å². The van der Waals surface area contributed by atoms with E-state index in [2.05, 4.69) is 33.9 Å². The van der Waals surface area contributed by atoms with E-state index < -0.39 is 8.32 Å². The minimum Gasteiger partial charge on any atom is -0.413 e. The number of hydrogen-bond donors (Lipinski definition) is 0. The molecule has 0 aromatic heterocycles. The highest BCUT2D eigenvalue weighted by atomic mass is 35.5. The van der Waals surface area contributed by atoms with Gasteiger partial charge in [0, 0.05) is 10.6 Å². The Morgan fingerprint density at radius 1 is 1.00 bits per heavy atom. The molecule has 0 amide bonds. The maximum absolute atomic E-state index is 12.9. The molecule has 2 aromatic carbocycles. The molecular weight excluding hydrogens is 407 g/mol. The third-order valence-corrected chi connectivity index (χ3v) is 10.4. The molecule has 0 heterocycles. The summed E-state index contributed by atoms with van der Waals surface area (Å²) >= 11 is 18.7. The zero-order chi connectivity index (χ0) is 19.7. The van der Waals surface area contributed by atoms with Crippen LogP contribution in [0.15, 0.2) is 36.4 Å². The molecule has 2 aromatic rings. The number of rotatable bonds is 5. The summed E-state index contributed by atoms with van der Waals surface area (Å²) in [5.74, 6) is -0.231. The monoisotopic (exact) mass is 428 g/mol. The SMILES string of the molecule is CC(C)(C)[Si](C)(C)OCc1ccc(Cl)c(C(=O)c2ccc(Cl)cc2)c1Cl. The second-order valence-corrected chi connectivity index (χ2v) is 13.8. The van der Waals surface area contributed by atoms with Crippen molar-refractivity contribution < 1.29 is 9.22 Å². The number of hydrogen-bond acceptors (Lipinski definition) is 2. The van der Waals surface area contributed by atoms with Gasteiger partial charge in [-0.15, -0.1) is 0 Å². The number of halogens is 3. The van der Waals surface area contributed by atoms with E-state index >= 15 is 0 Å². The Labute approximate surface area is 171 Å². The molecule has 140 valence electrons. The zero-order valence-electron chi connectivity index (χ0n) is 15.6. The Kier molecular flexibility index (Phi) is 6.63. The van der Waals surface area contributed by atoms with Crippen LogP contribution >= 0.6 is 34.8 Å². The molecule has 0 spiro atoms. The summed E-state index contributed by atoms with van der Waals surface area (Å²) in [6.07, 6.45) is 0. The number of benzene rings is 2. The highest BCUT2D eigenvalue weighted by Gasteiger charge is 2.37. The van der Waals surface area contributed by atoms with Crippen LogP contribution in [0.5, 0.6) is 0 Å². The molecule has 2 rings (SSSR count). The molecular formula is C20H23Cl3O2Si. The number of ketones is 1. The third-order valence-electron chi connectivity index (χ3n) is 4.90. The molecule has 6 heteroatoms. The fourth-order valence-electron chi connectivity index (χ4n) is 2.14. The van der Waals surface area contributed by atoms with Crippen LogP contribution in [0.2, 0.25) is 33.2 Å². The van der Waals surface area contributed by atoms with Gasteiger partial charge in [0.25, 0.3) is 0 Å². The summed E-state index contributed by atoms with van der Waals surface area (Å²) in [4.78, 5) is 12.9. The lowest BCUT2D eigenvalue weighted by Crippen LogP contribution is -2.40. The maximum Gasteiger partial charge on any atom is 0.196 e. The van der Waals surface area contributed by atoms with Crippen molar-refractivity contribution in [2.24, 2.45) is 0 Å². The Balaban J connectivity index is 2.34. The first-order chi connectivity index (χ1) is 11.9. The van der Waals surface area contributed by atoms with Gasteiger partial charge in [-0.25, -0.2) is 0 Å². The molecule has 0 aliphatic carbocycles. The lowest BCUT2D eigenvalue weighted by atomic mass is 10.0. The van der Waals surface area contributed by atoms with Gasteiger partial charge in [0.1, 0.15) is 0 Å². The highest BCUT2D eigenvalue weighted by molar-refractivity contribution is 6.74. The predicted molar refractivity (Wildman–Crippen MR) is 113 cm³/mol. The fourth-order valence-corrected chi connectivity index (χ4v) is 3.81. The lowest BCUT2D eigenvalue weighted by molar-refractivity contribution is 0.103. The largest absolute Gasteiger partial charge is 0.413 e. The van der Waals surface area contributed by atoms with Crippen molar-refractivity contribution in [3.63, 3.8) is 0 Å². The first-order valence-corrected chi connectivity index (χ1v) is 12.4. The van der Waals surface area contributed by atoms with Gasteiger partial charge in [0.15, 0.2) is 14.1 Å². The topological polar surface area (TPSA) is 26.3 Å². The van der Waals surface area contributed by atoms with Crippen LogP contribution in [0.3, 0.4) is 0 Å². The van der Waals surface area contributed by atoms with E-state index in [1.807, 2.05) is 6.07 Å². The van der Waals surface area contributed by atoms with Gasteiger partial charge in [-0.2, -0.15) is 0 Å². The van der Waals surface area contributed by atoms with Gasteiger partial charge >= 0.3 is 0 Å². The van der Waals surface area contributed by atoms with E-state index in [0.29, 0.717) is 32.8 Å². The van der Waals surface area contributed by atoms with E-state index in [0.717, 1.165) is 5.56 Å². The first-order valence-electron chi connectivity index (χ1n) is 8.35. The van der Waals surface area contributed by atoms with Gasteiger partial charge in [-0.1, -0.05) is 61.6 Å². The van der Waals surface area contributed by atoms with Crippen LogP contribution < -0.4 is 0 Å². The van der Waals surface area contributed by atoms with E-state index in [-0.39, 0.29) is 10.8 Å². The molecule has 0 bridgehead atoms. The predicted octanol–water partition coefficient (Wildman–Crippen LogP) is 7.40. The van der Waals surface area contributed by atoms with Gasteiger partial charge < -0.3 is 4.43 Å². The summed E-state index contributed by atoms with van der Waals surface area (Å²) in [5, 5.41) is 1.32. The van der Waals surface area contributed by atoms with Gasteiger partial charge in [0.2, 0.25) is 0 Å². The number of carbonyl (C=O) groups is 1. The molecule has 0 atom stereocenters. The standard InChI is InChI=1S/C20H23Cl3O2Si/c1-20(2,3)26(4,5)25-12-14-8-11-16(22)17(18(14)23)19(24)13-6-9-15(21)10-7-13/h6-11H,12H2,1-5H3. The van der Waals surface area contributed by atoms with E-state index in [9.17, 15) is 4.79 Å². The minimum absolute atomic E-state index is 0.0911.